The summed E-state index contributed by atoms with van der Waals surface area (Å²) in [5, 5.41) is 9.78. The molecule has 0 saturated heterocycles. The Kier molecular flexibility index (Phi) is 4.09. The summed E-state index contributed by atoms with van der Waals surface area (Å²) >= 11 is 0. The molecule has 0 spiro atoms. The maximum atomic E-state index is 5.87. The van der Waals surface area contributed by atoms with E-state index in [2.05, 4.69) is 20.2 Å². The first-order valence-electron chi connectivity index (χ1n) is 9.14. The van der Waals surface area contributed by atoms with Gasteiger partial charge < -0.3 is 9.47 Å². The first-order valence-corrected chi connectivity index (χ1v) is 9.14. The highest BCUT2D eigenvalue weighted by atomic mass is 16.5. The zero-order valence-corrected chi connectivity index (χ0v) is 16.0. The van der Waals surface area contributed by atoms with Gasteiger partial charge in [0.25, 0.3) is 0 Å². The molecule has 0 atom stereocenters. The van der Waals surface area contributed by atoms with E-state index in [9.17, 15) is 0 Å². The molecule has 3 aromatic heterocycles. The molecule has 0 aliphatic carbocycles. The molecular weight excluding hydrogens is 368 g/mol. The predicted molar refractivity (Wildman–Crippen MR) is 107 cm³/mol. The molecule has 0 N–H and O–H groups in total. The van der Waals surface area contributed by atoms with Gasteiger partial charge in [-0.3, -0.25) is 0 Å². The molecule has 144 valence electrons. The summed E-state index contributed by atoms with van der Waals surface area (Å²) in [5.41, 5.74) is 3.36. The van der Waals surface area contributed by atoms with E-state index >= 15 is 0 Å². The minimum absolute atomic E-state index is 0.278. The fraction of sp³-hybridized carbons (Fsp3) is 0.143. The number of ether oxygens (including phenoxy) is 2. The number of nitrogens with zero attached hydrogens (tertiary/aromatic N) is 6. The summed E-state index contributed by atoms with van der Waals surface area (Å²) in [6.45, 7) is 2.29. The van der Waals surface area contributed by atoms with Crippen molar-refractivity contribution in [2.75, 3.05) is 7.11 Å². The summed E-state index contributed by atoms with van der Waals surface area (Å²) < 4.78 is 14.5. The number of fused-ring (bicyclic) bond motifs is 3. The normalized spacial score (nSPS) is 11.2. The SMILES string of the molecule is COc1ccc(-n2ncc3c2ncn2nc(COc4ccccc4C)nc32)cc1. The Labute approximate surface area is 166 Å². The summed E-state index contributed by atoms with van der Waals surface area (Å²) in [7, 11) is 1.64. The second-order valence-corrected chi connectivity index (χ2v) is 6.59. The van der Waals surface area contributed by atoms with Gasteiger partial charge in [-0.25, -0.2) is 19.2 Å². The van der Waals surface area contributed by atoms with Crippen LogP contribution in [0.25, 0.3) is 22.4 Å². The van der Waals surface area contributed by atoms with E-state index in [1.54, 1.807) is 28.8 Å². The molecule has 0 aliphatic rings. The maximum Gasteiger partial charge on any atom is 0.189 e. The summed E-state index contributed by atoms with van der Waals surface area (Å²) in [4.78, 5) is 9.16. The van der Waals surface area contributed by atoms with Gasteiger partial charge in [-0.15, -0.1) is 5.10 Å². The molecule has 0 fully saturated rings. The van der Waals surface area contributed by atoms with Gasteiger partial charge in [-0.1, -0.05) is 18.2 Å². The molecule has 0 saturated carbocycles. The minimum Gasteiger partial charge on any atom is -0.497 e. The number of para-hydroxylation sites is 1. The molecule has 2 aromatic carbocycles. The van der Waals surface area contributed by atoms with Crippen molar-refractivity contribution in [1.29, 1.82) is 0 Å². The lowest BCUT2D eigenvalue weighted by atomic mass is 10.2. The first kappa shape index (κ1) is 17.2. The second-order valence-electron chi connectivity index (χ2n) is 6.59. The number of hydrogen-bond acceptors (Lipinski definition) is 6. The van der Waals surface area contributed by atoms with Crippen molar-refractivity contribution in [2.45, 2.75) is 13.5 Å². The lowest BCUT2D eigenvalue weighted by Gasteiger charge is -2.05. The van der Waals surface area contributed by atoms with Gasteiger partial charge in [0.2, 0.25) is 0 Å². The molecule has 0 aliphatic heterocycles. The van der Waals surface area contributed by atoms with Crippen molar-refractivity contribution in [3.05, 3.63) is 72.4 Å². The van der Waals surface area contributed by atoms with E-state index in [1.807, 2.05) is 55.5 Å². The van der Waals surface area contributed by atoms with E-state index in [0.717, 1.165) is 28.1 Å². The second kappa shape index (κ2) is 6.90. The predicted octanol–water partition coefficient (Wildman–Crippen LogP) is 3.36. The number of benzene rings is 2. The number of methoxy groups -OCH3 is 1. The van der Waals surface area contributed by atoms with Crippen LogP contribution in [0.2, 0.25) is 0 Å². The molecule has 29 heavy (non-hydrogen) atoms. The van der Waals surface area contributed by atoms with E-state index in [1.165, 1.54) is 0 Å². The van der Waals surface area contributed by atoms with Crippen LogP contribution in [0, 0.1) is 6.92 Å². The van der Waals surface area contributed by atoms with Gasteiger partial charge in [0.1, 0.15) is 24.4 Å². The largest absolute Gasteiger partial charge is 0.497 e. The summed E-state index contributed by atoms with van der Waals surface area (Å²) in [6.07, 6.45) is 3.40. The number of aryl methyl sites for hydroxylation is 1. The van der Waals surface area contributed by atoms with Gasteiger partial charge in [-0.05, 0) is 42.8 Å². The van der Waals surface area contributed by atoms with Crippen LogP contribution < -0.4 is 9.47 Å². The molecule has 3 heterocycles. The molecule has 8 nitrogen and oxygen atoms in total. The third-order valence-corrected chi connectivity index (χ3v) is 4.72. The van der Waals surface area contributed by atoms with Crippen LogP contribution in [0.15, 0.2) is 61.1 Å². The smallest absolute Gasteiger partial charge is 0.189 e. The number of aromatic nitrogens is 6. The van der Waals surface area contributed by atoms with Crippen LogP contribution in [0.5, 0.6) is 11.5 Å². The Morgan fingerprint density at radius 2 is 1.83 bits per heavy atom. The highest BCUT2D eigenvalue weighted by molar-refractivity contribution is 5.89. The first-order chi connectivity index (χ1) is 14.2. The van der Waals surface area contributed by atoms with Crippen molar-refractivity contribution < 1.29 is 9.47 Å². The van der Waals surface area contributed by atoms with Crippen LogP contribution >= 0.6 is 0 Å². The Morgan fingerprint density at radius 3 is 2.62 bits per heavy atom. The van der Waals surface area contributed by atoms with Crippen LogP contribution in [0.3, 0.4) is 0 Å². The minimum atomic E-state index is 0.278. The molecule has 5 rings (SSSR count). The zero-order valence-electron chi connectivity index (χ0n) is 16.0. The van der Waals surface area contributed by atoms with Crippen LogP contribution in [-0.2, 0) is 6.61 Å². The molecule has 5 aromatic rings. The molecular formula is C21H18N6O2. The zero-order chi connectivity index (χ0) is 19.8. The van der Waals surface area contributed by atoms with Crippen molar-refractivity contribution >= 4 is 16.7 Å². The van der Waals surface area contributed by atoms with E-state index < -0.39 is 0 Å². The standard InChI is InChI=1S/C21H18N6O2/c1-14-5-3-4-6-18(14)29-12-19-24-21-17-11-23-27(20(17)22-13-26(21)25-19)15-7-9-16(28-2)10-8-15/h3-11,13H,12H2,1-2H3. The Hall–Kier alpha value is -3.94. The Bertz CT molecular complexity index is 1310. The number of hydrogen-bond donors (Lipinski definition) is 0. The third-order valence-electron chi connectivity index (χ3n) is 4.72. The van der Waals surface area contributed by atoms with Gasteiger partial charge in [-0.2, -0.15) is 5.10 Å². The number of rotatable bonds is 5. The topological polar surface area (TPSA) is 79.4 Å². The van der Waals surface area contributed by atoms with Gasteiger partial charge in [0.05, 0.1) is 24.4 Å². The third kappa shape index (κ3) is 3.04. The highest BCUT2D eigenvalue weighted by Gasteiger charge is 2.14. The van der Waals surface area contributed by atoms with E-state index in [0.29, 0.717) is 17.1 Å². The fourth-order valence-corrected chi connectivity index (χ4v) is 3.20. The molecule has 0 amide bonds. The summed E-state index contributed by atoms with van der Waals surface area (Å²) in [6, 6.07) is 15.5. The van der Waals surface area contributed by atoms with Crippen molar-refractivity contribution in [1.82, 2.24) is 29.4 Å². The fourth-order valence-electron chi connectivity index (χ4n) is 3.20. The van der Waals surface area contributed by atoms with E-state index in [-0.39, 0.29) is 6.61 Å². The average Bonchev–Trinajstić information content (AvgIpc) is 3.37. The van der Waals surface area contributed by atoms with Crippen LogP contribution in [0.4, 0.5) is 0 Å². The Morgan fingerprint density at radius 1 is 1.00 bits per heavy atom. The summed E-state index contributed by atoms with van der Waals surface area (Å²) in [5.74, 6) is 2.19. The van der Waals surface area contributed by atoms with Gasteiger partial charge in [0, 0.05) is 0 Å². The van der Waals surface area contributed by atoms with Gasteiger partial charge >= 0.3 is 0 Å². The lowest BCUT2D eigenvalue weighted by Crippen LogP contribution is -2.00. The molecule has 0 bridgehead atoms. The molecule has 8 heteroatoms. The molecule has 0 radical (unpaired) electrons. The van der Waals surface area contributed by atoms with Crippen molar-refractivity contribution in [3.8, 4) is 17.2 Å². The van der Waals surface area contributed by atoms with E-state index in [4.69, 9.17) is 9.47 Å². The molecule has 0 unspecified atom stereocenters. The van der Waals surface area contributed by atoms with Crippen molar-refractivity contribution in [3.63, 3.8) is 0 Å². The maximum absolute atomic E-state index is 5.87. The van der Waals surface area contributed by atoms with Crippen molar-refractivity contribution in [2.24, 2.45) is 0 Å². The highest BCUT2D eigenvalue weighted by Crippen LogP contribution is 2.22. The quantitative estimate of drug-likeness (QED) is 0.461. The lowest BCUT2D eigenvalue weighted by molar-refractivity contribution is 0.294. The van der Waals surface area contributed by atoms with Crippen LogP contribution in [0.1, 0.15) is 11.4 Å². The average molecular weight is 386 g/mol. The monoisotopic (exact) mass is 386 g/mol. The van der Waals surface area contributed by atoms with Gasteiger partial charge in [0.15, 0.2) is 17.1 Å². The Balaban J connectivity index is 1.49. The van der Waals surface area contributed by atoms with Crippen LogP contribution in [-0.4, -0.2) is 36.5 Å².